The van der Waals surface area contributed by atoms with Crippen LogP contribution in [0.15, 0.2) is 48.8 Å². The van der Waals surface area contributed by atoms with Crippen molar-refractivity contribution in [2.45, 2.75) is 39.2 Å². The molecular weight excluding hydrogens is 338 g/mol. The quantitative estimate of drug-likeness (QED) is 0.724. The van der Waals surface area contributed by atoms with Crippen LogP contribution in [-0.4, -0.2) is 44.4 Å². The van der Waals surface area contributed by atoms with Crippen LogP contribution in [0.25, 0.3) is 11.3 Å². The van der Waals surface area contributed by atoms with E-state index in [1.54, 1.807) is 11.1 Å². The van der Waals surface area contributed by atoms with Gasteiger partial charge < -0.3 is 4.90 Å². The van der Waals surface area contributed by atoms with Gasteiger partial charge in [0.25, 0.3) is 5.91 Å². The zero-order valence-corrected chi connectivity index (χ0v) is 16.4. The summed E-state index contributed by atoms with van der Waals surface area (Å²) in [7, 11) is 1.83. The molecule has 0 atom stereocenters. The summed E-state index contributed by atoms with van der Waals surface area (Å²) in [5, 5.41) is 11.8. The Bertz CT molecular complexity index is 889. The third kappa shape index (κ3) is 4.64. The molecular formula is C21H27N5O. The number of aryl methyl sites for hydroxylation is 1. The number of H-pyrrole nitrogens is 1. The Morgan fingerprint density at radius 2 is 1.96 bits per heavy atom. The van der Waals surface area contributed by atoms with Crippen LogP contribution in [0.1, 0.15) is 43.2 Å². The predicted molar refractivity (Wildman–Crippen MR) is 107 cm³/mol. The molecule has 6 heteroatoms. The third-order valence-electron chi connectivity index (χ3n) is 4.50. The van der Waals surface area contributed by atoms with E-state index in [-0.39, 0.29) is 11.4 Å². The van der Waals surface area contributed by atoms with Crippen molar-refractivity contribution >= 4 is 5.91 Å². The molecule has 0 radical (unpaired) electrons. The number of nitrogens with zero attached hydrogens (tertiary/aromatic N) is 4. The second kappa shape index (κ2) is 7.78. The minimum absolute atomic E-state index is 0.0000790. The molecule has 0 aliphatic heterocycles. The van der Waals surface area contributed by atoms with Crippen molar-refractivity contribution in [1.82, 2.24) is 24.9 Å². The van der Waals surface area contributed by atoms with Crippen molar-refractivity contribution in [3.05, 3.63) is 60.0 Å². The predicted octanol–water partition coefficient (Wildman–Crippen LogP) is 3.73. The van der Waals surface area contributed by atoms with E-state index in [2.05, 4.69) is 42.1 Å². The average molecular weight is 365 g/mol. The summed E-state index contributed by atoms with van der Waals surface area (Å²) >= 11 is 0. The number of amides is 1. The molecule has 1 aromatic carbocycles. The molecule has 0 spiro atoms. The summed E-state index contributed by atoms with van der Waals surface area (Å²) in [6.45, 7) is 6.86. The molecule has 0 saturated carbocycles. The molecule has 2 aromatic heterocycles. The average Bonchev–Trinajstić information content (AvgIpc) is 3.31. The van der Waals surface area contributed by atoms with Crippen LogP contribution in [0.3, 0.4) is 0 Å². The summed E-state index contributed by atoms with van der Waals surface area (Å²) in [5.74, 6) is 0.0000790. The van der Waals surface area contributed by atoms with Gasteiger partial charge in [0, 0.05) is 31.0 Å². The second-order valence-corrected chi connectivity index (χ2v) is 7.82. The van der Waals surface area contributed by atoms with E-state index in [9.17, 15) is 4.79 Å². The fraction of sp³-hybridized carbons (Fsp3) is 0.381. The van der Waals surface area contributed by atoms with Crippen molar-refractivity contribution in [3.63, 3.8) is 0 Å². The maximum atomic E-state index is 12.6. The lowest BCUT2D eigenvalue weighted by Gasteiger charge is -2.19. The maximum absolute atomic E-state index is 12.6. The summed E-state index contributed by atoms with van der Waals surface area (Å²) in [4.78, 5) is 14.3. The third-order valence-corrected chi connectivity index (χ3v) is 4.50. The van der Waals surface area contributed by atoms with Gasteiger partial charge in [0.05, 0.1) is 23.0 Å². The standard InChI is InChI=1S/C21H27N5O/c1-21(2,3)26-15-17(14-22-26)20(27)25(4)12-8-11-18-13-19(24-23-18)16-9-6-5-7-10-16/h5-7,9-10,13-15H,8,11-12H2,1-4H3,(H,23,24). The molecule has 6 nitrogen and oxygen atoms in total. The fourth-order valence-electron chi connectivity index (χ4n) is 2.88. The van der Waals surface area contributed by atoms with E-state index < -0.39 is 0 Å². The molecule has 3 aromatic rings. The molecule has 27 heavy (non-hydrogen) atoms. The maximum Gasteiger partial charge on any atom is 0.256 e. The van der Waals surface area contributed by atoms with Crippen LogP contribution in [-0.2, 0) is 12.0 Å². The Hall–Kier alpha value is -2.89. The second-order valence-electron chi connectivity index (χ2n) is 7.82. The number of carbonyl (C=O) groups is 1. The Kier molecular flexibility index (Phi) is 5.44. The Labute approximate surface area is 160 Å². The van der Waals surface area contributed by atoms with E-state index in [1.807, 2.05) is 48.3 Å². The number of hydrogen-bond donors (Lipinski definition) is 1. The minimum atomic E-state index is -0.131. The summed E-state index contributed by atoms with van der Waals surface area (Å²) in [6.07, 6.45) is 5.18. The minimum Gasteiger partial charge on any atom is -0.342 e. The van der Waals surface area contributed by atoms with Gasteiger partial charge in [-0.25, -0.2) is 0 Å². The zero-order valence-electron chi connectivity index (χ0n) is 16.4. The van der Waals surface area contributed by atoms with Gasteiger partial charge in [0.2, 0.25) is 0 Å². The Morgan fingerprint density at radius 1 is 1.22 bits per heavy atom. The highest BCUT2D eigenvalue weighted by atomic mass is 16.2. The first kappa shape index (κ1) is 18.9. The lowest BCUT2D eigenvalue weighted by Crippen LogP contribution is -2.28. The molecule has 0 aliphatic rings. The van der Waals surface area contributed by atoms with Crippen molar-refractivity contribution in [2.24, 2.45) is 0 Å². The lowest BCUT2D eigenvalue weighted by molar-refractivity contribution is 0.0793. The van der Waals surface area contributed by atoms with Crippen molar-refractivity contribution in [1.29, 1.82) is 0 Å². The SMILES string of the molecule is CN(CCCc1cc(-c2ccccc2)n[nH]1)C(=O)c1cnn(C(C)(C)C)c1. The number of hydrogen-bond acceptors (Lipinski definition) is 3. The molecule has 1 amide bonds. The van der Waals surface area contributed by atoms with Crippen LogP contribution >= 0.6 is 0 Å². The topological polar surface area (TPSA) is 66.8 Å². The highest BCUT2D eigenvalue weighted by molar-refractivity contribution is 5.93. The van der Waals surface area contributed by atoms with E-state index in [0.717, 1.165) is 29.8 Å². The monoisotopic (exact) mass is 365 g/mol. The first-order valence-corrected chi connectivity index (χ1v) is 9.25. The number of benzene rings is 1. The number of aromatic nitrogens is 4. The summed E-state index contributed by atoms with van der Waals surface area (Å²) < 4.78 is 1.82. The molecule has 2 heterocycles. The van der Waals surface area contributed by atoms with E-state index in [0.29, 0.717) is 12.1 Å². The van der Waals surface area contributed by atoms with Gasteiger partial charge in [-0.05, 0) is 39.7 Å². The van der Waals surface area contributed by atoms with Gasteiger partial charge in [-0.3, -0.25) is 14.6 Å². The normalized spacial score (nSPS) is 11.6. The first-order valence-electron chi connectivity index (χ1n) is 9.25. The smallest absolute Gasteiger partial charge is 0.256 e. The van der Waals surface area contributed by atoms with E-state index in [1.165, 1.54) is 0 Å². The number of aromatic amines is 1. The van der Waals surface area contributed by atoms with Crippen LogP contribution in [0.5, 0.6) is 0 Å². The van der Waals surface area contributed by atoms with Crippen LogP contribution in [0.2, 0.25) is 0 Å². The lowest BCUT2D eigenvalue weighted by atomic mass is 10.1. The fourth-order valence-corrected chi connectivity index (χ4v) is 2.88. The van der Waals surface area contributed by atoms with Gasteiger partial charge in [-0.1, -0.05) is 30.3 Å². The molecule has 1 N–H and O–H groups in total. The molecule has 0 aliphatic carbocycles. The molecule has 0 unspecified atom stereocenters. The largest absolute Gasteiger partial charge is 0.342 e. The molecule has 0 fully saturated rings. The highest BCUT2D eigenvalue weighted by Crippen LogP contribution is 2.18. The van der Waals surface area contributed by atoms with Crippen molar-refractivity contribution in [2.75, 3.05) is 13.6 Å². The molecule has 3 rings (SSSR count). The van der Waals surface area contributed by atoms with Crippen LogP contribution < -0.4 is 0 Å². The van der Waals surface area contributed by atoms with Gasteiger partial charge >= 0.3 is 0 Å². The molecule has 0 bridgehead atoms. The Balaban J connectivity index is 1.52. The number of carbonyl (C=O) groups excluding carboxylic acids is 1. The first-order chi connectivity index (χ1) is 12.8. The molecule has 142 valence electrons. The molecule has 0 saturated heterocycles. The van der Waals surface area contributed by atoms with Gasteiger partial charge in [-0.2, -0.15) is 10.2 Å². The number of rotatable bonds is 6. The highest BCUT2D eigenvalue weighted by Gasteiger charge is 2.18. The van der Waals surface area contributed by atoms with Gasteiger partial charge in [0.1, 0.15) is 0 Å². The van der Waals surface area contributed by atoms with Gasteiger partial charge in [-0.15, -0.1) is 0 Å². The van der Waals surface area contributed by atoms with Crippen LogP contribution in [0.4, 0.5) is 0 Å². The van der Waals surface area contributed by atoms with Crippen molar-refractivity contribution in [3.8, 4) is 11.3 Å². The van der Waals surface area contributed by atoms with E-state index in [4.69, 9.17) is 0 Å². The zero-order chi connectivity index (χ0) is 19.4. The van der Waals surface area contributed by atoms with Gasteiger partial charge in [0.15, 0.2) is 0 Å². The van der Waals surface area contributed by atoms with Crippen molar-refractivity contribution < 1.29 is 4.79 Å². The summed E-state index contributed by atoms with van der Waals surface area (Å²) in [6, 6.07) is 12.2. The van der Waals surface area contributed by atoms with E-state index >= 15 is 0 Å². The van der Waals surface area contributed by atoms with Crippen LogP contribution in [0, 0.1) is 0 Å². The Morgan fingerprint density at radius 3 is 2.63 bits per heavy atom. The number of nitrogens with one attached hydrogen (secondary N) is 1. The summed E-state index contributed by atoms with van der Waals surface area (Å²) in [5.41, 5.74) is 3.62.